The van der Waals surface area contributed by atoms with E-state index in [9.17, 15) is 9.59 Å². The molecule has 2 aromatic carbocycles. The van der Waals surface area contributed by atoms with E-state index < -0.39 is 0 Å². The van der Waals surface area contributed by atoms with Crippen molar-refractivity contribution in [3.05, 3.63) is 77.8 Å². The predicted molar refractivity (Wildman–Crippen MR) is 140 cm³/mol. The van der Waals surface area contributed by atoms with Gasteiger partial charge in [-0.3, -0.25) is 9.59 Å². The molecular weight excluding hydrogens is 462 g/mol. The number of rotatable bonds is 9. The Kier molecular flexibility index (Phi) is 7.66. The van der Waals surface area contributed by atoms with Crippen molar-refractivity contribution in [2.75, 3.05) is 36.0 Å². The fraction of sp³-hybridized carbons (Fsp3) is 0.120. The number of pyridine rings is 1. The van der Waals surface area contributed by atoms with E-state index in [2.05, 4.69) is 25.9 Å². The second-order valence-electron chi connectivity index (χ2n) is 7.62. The molecule has 2 amide bonds. The monoisotopic (exact) mass is 487 g/mol. The van der Waals surface area contributed by atoms with Crippen LogP contribution < -0.4 is 27.4 Å². The van der Waals surface area contributed by atoms with Crippen molar-refractivity contribution in [3.63, 3.8) is 0 Å². The van der Waals surface area contributed by atoms with Gasteiger partial charge >= 0.3 is 0 Å². The summed E-state index contributed by atoms with van der Waals surface area (Å²) in [5.74, 6) is 0.0486. The number of carbonyl (C=O) groups is 2. The van der Waals surface area contributed by atoms with Gasteiger partial charge in [0.2, 0.25) is 5.91 Å². The first-order valence-corrected chi connectivity index (χ1v) is 11.8. The SMILES string of the molecule is NCCNc1cc(-c2cccc(-c3csc(NC(=O)CNC(=O)c4ccc(N)cc4)n3)c2)ccn1. The number of hydrogen-bond acceptors (Lipinski definition) is 8. The third kappa shape index (κ3) is 6.40. The second kappa shape index (κ2) is 11.2. The van der Waals surface area contributed by atoms with E-state index in [0.717, 1.165) is 28.2 Å². The number of amides is 2. The Morgan fingerprint density at radius 2 is 1.74 bits per heavy atom. The average Bonchev–Trinajstić information content (AvgIpc) is 3.35. The van der Waals surface area contributed by atoms with Crippen LogP contribution in [0.15, 0.2) is 72.2 Å². The lowest BCUT2D eigenvalue weighted by atomic mass is 10.0. The van der Waals surface area contributed by atoms with Crippen molar-refractivity contribution in [1.29, 1.82) is 0 Å². The number of thiazole rings is 1. The van der Waals surface area contributed by atoms with E-state index >= 15 is 0 Å². The van der Waals surface area contributed by atoms with E-state index in [1.165, 1.54) is 11.3 Å². The van der Waals surface area contributed by atoms with Crippen LogP contribution in [0.5, 0.6) is 0 Å². The number of nitrogens with zero attached hydrogens (tertiary/aromatic N) is 2. The number of carbonyl (C=O) groups excluding carboxylic acids is 2. The molecule has 35 heavy (non-hydrogen) atoms. The molecule has 178 valence electrons. The highest BCUT2D eigenvalue weighted by atomic mass is 32.1. The Balaban J connectivity index is 1.38. The van der Waals surface area contributed by atoms with Crippen molar-refractivity contribution in [2.45, 2.75) is 0 Å². The quantitative estimate of drug-likeness (QED) is 0.228. The first-order chi connectivity index (χ1) is 17.0. The maximum Gasteiger partial charge on any atom is 0.251 e. The largest absolute Gasteiger partial charge is 0.399 e. The van der Waals surface area contributed by atoms with Gasteiger partial charge < -0.3 is 27.4 Å². The zero-order valence-electron chi connectivity index (χ0n) is 18.8. The molecule has 4 rings (SSSR count). The maximum atomic E-state index is 12.3. The first kappa shape index (κ1) is 23.9. The van der Waals surface area contributed by atoms with Crippen molar-refractivity contribution >= 4 is 39.8 Å². The molecule has 4 aromatic rings. The summed E-state index contributed by atoms with van der Waals surface area (Å²) in [7, 11) is 0. The number of benzene rings is 2. The second-order valence-corrected chi connectivity index (χ2v) is 8.47. The first-order valence-electron chi connectivity index (χ1n) is 10.9. The van der Waals surface area contributed by atoms with Crippen LogP contribution in [0, 0.1) is 0 Å². The third-order valence-electron chi connectivity index (χ3n) is 5.03. The van der Waals surface area contributed by atoms with Crippen molar-refractivity contribution in [2.24, 2.45) is 5.73 Å². The number of nitrogens with two attached hydrogens (primary N) is 2. The standard InChI is InChI=1S/C25H25N7O2S/c26-9-11-29-22-13-18(8-10-28-22)17-2-1-3-19(12-17)21-15-35-25(31-21)32-23(33)14-30-24(34)16-4-6-20(27)7-5-16/h1-8,10,12-13,15H,9,11,14,26-27H2,(H,28,29)(H,30,34)(H,31,32,33). The molecule has 0 saturated carbocycles. The summed E-state index contributed by atoms with van der Waals surface area (Å²) in [6.07, 6.45) is 1.75. The minimum absolute atomic E-state index is 0.170. The van der Waals surface area contributed by atoms with Crippen LogP contribution in [-0.4, -0.2) is 41.4 Å². The highest BCUT2D eigenvalue weighted by Gasteiger charge is 2.11. The lowest BCUT2D eigenvalue weighted by Crippen LogP contribution is -2.32. The minimum atomic E-state index is -0.363. The molecule has 10 heteroatoms. The maximum absolute atomic E-state index is 12.3. The van der Waals surface area contributed by atoms with Crippen LogP contribution in [0.4, 0.5) is 16.6 Å². The summed E-state index contributed by atoms with van der Waals surface area (Å²) in [6, 6.07) is 18.4. The Morgan fingerprint density at radius 3 is 2.54 bits per heavy atom. The Labute approximate surface area is 206 Å². The fourth-order valence-corrected chi connectivity index (χ4v) is 4.03. The molecule has 0 bridgehead atoms. The average molecular weight is 488 g/mol. The summed E-state index contributed by atoms with van der Waals surface area (Å²) in [4.78, 5) is 33.3. The summed E-state index contributed by atoms with van der Waals surface area (Å²) in [5.41, 5.74) is 15.9. The molecule has 0 aliphatic carbocycles. The zero-order valence-corrected chi connectivity index (χ0v) is 19.6. The van der Waals surface area contributed by atoms with Crippen LogP contribution >= 0.6 is 11.3 Å². The van der Waals surface area contributed by atoms with Gasteiger partial charge in [0.25, 0.3) is 5.91 Å². The normalized spacial score (nSPS) is 10.5. The Hall–Kier alpha value is -4.28. The lowest BCUT2D eigenvalue weighted by Gasteiger charge is -2.08. The lowest BCUT2D eigenvalue weighted by molar-refractivity contribution is -0.115. The van der Waals surface area contributed by atoms with Gasteiger partial charge in [-0.05, 0) is 53.6 Å². The Bertz CT molecular complexity index is 1320. The number of nitrogens with one attached hydrogen (secondary N) is 3. The van der Waals surface area contributed by atoms with Gasteiger partial charge in [0, 0.05) is 41.5 Å². The molecule has 0 aliphatic heterocycles. The minimum Gasteiger partial charge on any atom is -0.399 e. The smallest absolute Gasteiger partial charge is 0.251 e. The van der Waals surface area contributed by atoms with Gasteiger partial charge in [-0.25, -0.2) is 9.97 Å². The molecule has 0 saturated heterocycles. The molecule has 7 N–H and O–H groups in total. The van der Waals surface area contributed by atoms with Gasteiger partial charge in [-0.1, -0.05) is 18.2 Å². The molecule has 9 nitrogen and oxygen atoms in total. The number of nitrogen functional groups attached to an aromatic ring is 1. The number of aromatic nitrogens is 2. The molecular formula is C25H25N7O2S. The molecule has 0 radical (unpaired) electrons. The highest BCUT2D eigenvalue weighted by Crippen LogP contribution is 2.29. The van der Waals surface area contributed by atoms with E-state index in [1.54, 1.807) is 30.5 Å². The van der Waals surface area contributed by atoms with Crippen LogP contribution in [0.3, 0.4) is 0 Å². The topological polar surface area (TPSA) is 148 Å². The van der Waals surface area contributed by atoms with Crippen LogP contribution in [0.25, 0.3) is 22.4 Å². The van der Waals surface area contributed by atoms with Crippen molar-refractivity contribution < 1.29 is 9.59 Å². The predicted octanol–water partition coefficient (Wildman–Crippen LogP) is 3.19. The van der Waals surface area contributed by atoms with Gasteiger partial charge in [0.1, 0.15) is 5.82 Å². The van der Waals surface area contributed by atoms with Crippen molar-refractivity contribution in [3.8, 4) is 22.4 Å². The molecule has 0 aliphatic rings. The van der Waals surface area contributed by atoms with E-state index in [-0.39, 0.29) is 18.4 Å². The van der Waals surface area contributed by atoms with E-state index in [0.29, 0.717) is 29.5 Å². The van der Waals surface area contributed by atoms with Crippen LogP contribution in [0.1, 0.15) is 10.4 Å². The van der Waals surface area contributed by atoms with Crippen molar-refractivity contribution in [1.82, 2.24) is 15.3 Å². The third-order valence-corrected chi connectivity index (χ3v) is 5.79. The molecule has 0 atom stereocenters. The molecule has 2 heterocycles. The number of hydrogen-bond donors (Lipinski definition) is 5. The van der Waals surface area contributed by atoms with Gasteiger partial charge in [0.05, 0.1) is 12.2 Å². The summed E-state index contributed by atoms with van der Waals surface area (Å²) < 4.78 is 0. The van der Waals surface area contributed by atoms with Gasteiger partial charge in [0.15, 0.2) is 5.13 Å². The summed E-state index contributed by atoms with van der Waals surface area (Å²) in [6.45, 7) is 1.00. The summed E-state index contributed by atoms with van der Waals surface area (Å²) >= 11 is 1.32. The molecule has 2 aromatic heterocycles. The Morgan fingerprint density at radius 1 is 0.971 bits per heavy atom. The molecule has 0 fully saturated rings. The highest BCUT2D eigenvalue weighted by molar-refractivity contribution is 7.14. The van der Waals surface area contributed by atoms with Crippen LogP contribution in [-0.2, 0) is 4.79 Å². The van der Waals surface area contributed by atoms with E-state index in [1.807, 2.05) is 41.8 Å². The van der Waals surface area contributed by atoms with Gasteiger partial charge in [-0.15, -0.1) is 11.3 Å². The zero-order chi connectivity index (χ0) is 24.6. The summed E-state index contributed by atoms with van der Waals surface area (Å²) in [5, 5.41) is 10.8. The molecule has 0 unspecified atom stereocenters. The molecule has 0 spiro atoms. The van der Waals surface area contributed by atoms with Gasteiger partial charge in [-0.2, -0.15) is 0 Å². The van der Waals surface area contributed by atoms with Crippen LogP contribution in [0.2, 0.25) is 0 Å². The fourth-order valence-electron chi connectivity index (χ4n) is 3.29. The number of anilines is 3. The van der Waals surface area contributed by atoms with E-state index in [4.69, 9.17) is 11.5 Å².